The Morgan fingerprint density at radius 3 is 2.32 bits per heavy atom. The second-order valence-electron chi connectivity index (χ2n) is 8.59. The molecule has 0 aromatic heterocycles. The molecule has 0 N–H and O–H groups in total. The smallest absolute Gasteiger partial charge is 0.312 e. The first-order valence-corrected chi connectivity index (χ1v) is 11.5. The van der Waals surface area contributed by atoms with Gasteiger partial charge in [0.2, 0.25) is 12.6 Å². The number of hydrogen-bond acceptors (Lipinski definition) is 9. The van der Waals surface area contributed by atoms with Crippen molar-refractivity contribution in [3.63, 3.8) is 0 Å². The van der Waals surface area contributed by atoms with Crippen molar-refractivity contribution in [2.75, 3.05) is 28.1 Å². The van der Waals surface area contributed by atoms with Crippen LogP contribution >= 0.6 is 0 Å². The normalized spacial score (nSPS) is 18.1. The molecule has 0 bridgehead atoms. The van der Waals surface area contributed by atoms with Gasteiger partial charge in [0, 0.05) is 23.1 Å². The summed E-state index contributed by atoms with van der Waals surface area (Å²) in [6.45, 7) is 0.142. The molecule has 0 saturated heterocycles. The van der Waals surface area contributed by atoms with Crippen LogP contribution in [-0.2, 0) is 4.79 Å². The molecule has 3 aliphatic rings. The van der Waals surface area contributed by atoms with Crippen molar-refractivity contribution in [2.45, 2.75) is 12.3 Å². The number of hydrogen-bond donors (Lipinski definition) is 0. The Bertz CT molecular complexity index is 1490. The Kier molecular flexibility index (Phi) is 5.40. The van der Waals surface area contributed by atoms with Gasteiger partial charge >= 0.3 is 5.97 Å². The summed E-state index contributed by atoms with van der Waals surface area (Å²) in [4.78, 5) is 25.9. The van der Waals surface area contributed by atoms with Crippen molar-refractivity contribution in [3.05, 3.63) is 70.5 Å². The summed E-state index contributed by atoms with van der Waals surface area (Å²) in [5.41, 5.74) is 2.41. The van der Waals surface area contributed by atoms with Crippen LogP contribution in [-0.4, -0.2) is 39.9 Å². The zero-order valence-electron chi connectivity index (χ0n) is 20.3. The number of rotatable bonds is 5. The summed E-state index contributed by atoms with van der Waals surface area (Å²) in [7, 11) is 4.58. The number of ether oxygens (including phenoxy) is 7. The van der Waals surface area contributed by atoms with Gasteiger partial charge in [-0.05, 0) is 42.0 Å². The number of ketones is 1. The zero-order chi connectivity index (χ0) is 25.7. The molecule has 3 aromatic carbocycles. The van der Waals surface area contributed by atoms with Gasteiger partial charge in [-0.1, -0.05) is 6.07 Å². The molecule has 6 rings (SSSR count). The highest BCUT2D eigenvalue weighted by Gasteiger charge is 2.39. The third-order valence-corrected chi connectivity index (χ3v) is 6.60. The maximum absolute atomic E-state index is 13.4. The Labute approximate surface area is 212 Å². The van der Waals surface area contributed by atoms with Gasteiger partial charge in [0.05, 0.1) is 33.3 Å². The predicted octanol–water partition coefficient (Wildman–Crippen LogP) is 4.50. The van der Waals surface area contributed by atoms with Crippen LogP contribution in [0.5, 0.6) is 40.2 Å². The molecule has 0 spiro atoms. The zero-order valence-corrected chi connectivity index (χ0v) is 20.3. The average molecular weight is 502 g/mol. The van der Waals surface area contributed by atoms with E-state index in [-0.39, 0.29) is 30.7 Å². The minimum Gasteiger partial charge on any atom is -0.496 e. The third-order valence-electron chi connectivity index (χ3n) is 6.60. The van der Waals surface area contributed by atoms with Crippen LogP contribution in [0.4, 0.5) is 0 Å². The number of Topliss-reactive ketones (excluding diaryl/α,β-unsaturated/α-hetero) is 1. The molecule has 3 aliphatic heterocycles. The van der Waals surface area contributed by atoms with Gasteiger partial charge < -0.3 is 33.2 Å². The molecule has 3 aromatic rings. The molecular formula is C28H22O9. The molecule has 0 radical (unpaired) electrons. The van der Waals surface area contributed by atoms with E-state index in [4.69, 9.17) is 33.2 Å². The third kappa shape index (κ3) is 3.70. The standard InChI is InChI=1S/C28H22O9/c1-31-20-12-22(33-3)21(32-2)9-15(20)10-24-27(30)16-5-7-19-26(28(16)37-24)17(11-25(29)36-19)14-4-6-18-23(8-14)35-13-34-18/h4-10,12,17H,11,13H2,1-3H3. The van der Waals surface area contributed by atoms with E-state index in [0.29, 0.717) is 56.9 Å². The average Bonchev–Trinajstić information content (AvgIpc) is 3.51. The Balaban J connectivity index is 1.44. The van der Waals surface area contributed by atoms with Crippen LogP contribution in [0.15, 0.2) is 48.2 Å². The van der Waals surface area contributed by atoms with Crippen molar-refractivity contribution in [2.24, 2.45) is 0 Å². The maximum atomic E-state index is 13.4. The van der Waals surface area contributed by atoms with Crippen molar-refractivity contribution in [1.29, 1.82) is 0 Å². The van der Waals surface area contributed by atoms with Crippen molar-refractivity contribution in [3.8, 4) is 40.2 Å². The number of fused-ring (bicyclic) bond motifs is 4. The van der Waals surface area contributed by atoms with Crippen LogP contribution in [0.1, 0.15) is 39.4 Å². The van der Waals surface area contributed by atoms with E-state index in [1.165, 1.54) is 21.3 Å². The lowest BCUT2D eigenvalue weighted by Gasteiger charge is -2.26. The fourth-order valence-corrected chi connectivity index (χ4v) is 4.83. The summed E-state index contributed by atoms with van der Waals surface area (Å²) in [6.07, 6.45) is 1.68. The summed E-state index contributed by atoms with van der Waals surface area (Å²) in [5, 5.41) is 0. The van der Waals surface area contributed by atoms with Crippen LogP contribution in [0.2, 0.25) is 0 Å². The summed E-state index contributed by atoms with van der Waals surface area (Å²) >= 11 is 0. The van der Waals surface area contributed by atoms with E-state index >= 15 is 0 Å². The lowest BCUT2D eigenvalue weighted by molar-refractivity contribution is -0.135. The van der Waals surface area contributed by atoms with Crippen molar-refractivity contribution in [1.82, 2.24) is 0 Å². The number of methoxy groups -OCH3 is 3. The second kappa shape index (κ2) is 8.77. The van der Waals surface area contributed by atoms with E-state index in [0.717, 1.165) is 5.56 Å². The second-order valence-corrected chi connectivity index (χ2v) is 8.59. The van der Waals surface area contributed by atoms with Gasteiger partial charge in [-0.15, -0.1) is 0 Å². The van der Waals surface area contributed by atoms with Gasteiger partial charge in [0.25, 0.3) is 0 Å². The fraction of sp³-hybridized carbons (Fsp3) is 0.214. The molecule has 0 fully saturated rings. The van der Waals surface area contributed by atoms with Gasteiger partial charge in [-0.2, -0.15) is 0 Å². The van der Waals surface area contributed by atoms with Gasteiger partial charge in [0.15, 0.2) is 28.8 Å². The molecule has 1 unspecified atom stereocenters. The van der Waals surface area contributed by atoms with E-state index in [1.807, 2.05) is 12.1 Å². The molecule has 0 amide bonds. The Hall–Kier alpha value is -4.66. The fourth-order valence-electron chi connectivity index (χ4n) is 4.83. The van der Waals surface area contributed by atoms with Crippen LogP contribution < -0.4 is 33.2 Å². The van der Waals surface area contributed by atoms with Crippen LogP contribution in [0.25, 0.3) is 6.08 Å². The summed E-state index contributed by atoms with van der Waals surface area (Å²) < 4.78 is 38.9. The first-order chi connectivity index (χ1) is 18.0. The van der Waals surface area contributed by atoms with Crippen molar-refractivity contribution >= 4 is 17.8 Å². The Morgan fingerprint density at radius 1 is 0.811 bits per heavy atom. The van der Waals surface area contributed by atoms with E-state index < -0.39 is 5.92 Å². The number of carbonyl (C=O) groups excluding carboxylic acids is 2. The van der Waals surface area contributed by atoms with Gasteiger partial charge in [-0.3, -0.25) is 9.59 Å². The highest BCUT2D eigenvalue weighted by Crippen LogP contribution is 2.50. The lowest BCUT2D eigenvalue weighted by Crippen LogP contribution is -2.21. The molecule has 0 aliphatic carbocycles. The minimum atomic E-state index is -0.400. The van der Waals surface area contributed by atoms with E-state index in [9.17, 15) is 9.59 Å². The molecule has 188 valence electrons. The number of carbonyl (C=O) groups is 2. The monoisotopic (exact) mass is 502 g/mol. The maximum Gasteiger partial charge on any atom is 0.312 e. The summed E-state index contributed by atoms with van der Waals surface area (Å²) in [5.74, 6) is 2.45. The van der Waals surface area contributed by atoms with Crippen LogP contribution in [0.3, 0.4) is 0 Å². The molecule has 3 heterocycles. The number of allylic oxidation sites excluding steroid dienone is 1. The first kappa shape index (κ1) is 22.8. The Morgan fingerprint density at radius 2 is 1.54 bits per heavy atom. The predicted molar refractivity (Wildman–Crippen MR) is 130 cm³/mol. The largest absolute Gasteiger partial charge is 0.496 e. The van der Waals surface area contributed by atoms with Crippen molar-refractivity contribution < 1.29 is 42.7 Å². The van der Waals surface area contributed by atoms with E-state index in [1.54, 1.807) is 36.4 Å². The summed E-state index contributed by atoms with van der Waals surface area (Å²) in [6, 6.07) is 12.1. The number of benzene rings is 3. The first-order valence-electron chi connectivity index (χ1n) is 11.5. The molecule has 9 heteroatoms. The highest BCUT2D eigenvalue weighted by molar-refractivity contribution is 6.15. The quantitative estimate of drug-likeness (QED) is 0.284. The van der Waals surface area contributed by atoms with Gasteiger partial charge in [0.1, 0.15) is 17.2 Å². The minimum absolute atomic E-state index is 0.0865. The van der Waals surface area contributed by atoms with Crippen LogP contribution in [0, 0.1) is 0 Å². The molecule has 37 heavy (non-hydrogen) atoms. The molecular weight excluding hydrogens is 480 g/mol. The lowest BCUT2D eigenvalue weighted by atomic mass is 9.84. The van der Waals surface area contributed by atoms with E-state index in [2.05, 4.69) is 0 Å². The van der Waals surface area contributed by atoms with Gasteiger partial charge in [-0.25, -0.2) is 0 Å². The molecule has 1 atom stereocenters. The highest BCUT2D eigenvalue weighted by atomic mass is 16.7. The topological polar surface area (TPSA) is 98.8 Å². The molecule has 9 nitrogen and oxygen atoms in total. The molecule has 0 saturated carbocycles. The number of esters is 1. The SMILES string of the molecule is COc1cc(OC)c(OC)cc1C=C1Oc2c(ccc3c2C(c2ccc4c(c2)OCO4)CC(=O)O3)C1=O.